The predicted octanol–water partition coefficient (Wildman–Crippen LogP) is 2.88. The molecule has 1 aliphatic carbocycles. The Morgan fingerprint density at radius 1 is 1.33 bits per heavy atom. The summed E-state index contributed by atoms with van der Waals surface area (Å²) < 4.78 is 28.2. The molecule has 1 unspecified atom stereocenters. The number of halogens is 2. The number of benzene rings is 1. The Bertz CT molecular complexity index is 416. The van der Waals surface area contributed by atoms with Crippen LogP contribution in [0.15, 0.2) is 24.3 Å². The second-order valence-corrected chi connectivity index (χ2v) is 4.45. The van der Waals surface area contributed by atoms with Crippen molar-refractivity contribution in [2.75, 3.05) is 0 Å². The number of rotatable bonds is 5. The molecule has 0 aromatic heterocycles. The van der Waals surface area contributed by atoms with E-state index in [1.54, 1.807) is 12.1 Å². The van der Waals surface area contributed by atoms with Gasteiger partial charge in [-0.3, -0.25) is 4.79 Å². The van der Waals surface area contributed by atoms with Crippen molar-refractivity contribution < 1.29 is 18.3 Å². The largest absolute Gasteiger partial charge is 0.435 e. The van der Waals surface area contributed by atoms with E-state index < -0.39 is 6.61 Å². The molecule has 1 aliphatic rings. The zero-order valence-corrected chi connectivity index (χ0v) is 10.0. The van der Waals surface area contributed by atoms with Gasteiger partial charge >= 0.3 is 6.61 Å². The predicted molar refractivity (Wildman–Crippen MR) is 62.4 cm³/mol. The summed E-state index contributed by atoms with van der Waals surface area (Å²) >= 11 is 0. The molecule has 98 valence electrons. The lowest BCUT2D eigenvalue weighted by atomic mass is 10.1. The highest BCUT2D eigenvalue weighted by molar-refractivity contribution is 5.81. The summed E-state index contributed by atoms with van der Waals surface area (Å²) in [6, 6.07) is 6.17. The monoisotopic (exact) mass is 255 g/mol. The lowest BCUT2D eigenvalue weighted by molar-refractivity contribution is -0.122. The van der Waals surface area contributed by atoms with Gasteiger partial charge in [0.1, 0.15) is 5.75 Å². The van der Waals surface area contributed by atoms with Gasteiger partial charge in [-0.1, -0.05) is 12.1 Å². The van der Waals surface area contributed by atoms with E-state index in [9.17, 15) is 13.6 Å². The molecule has 1 aromatic carbocycles. The molecule has 1 amide bonds. The lowest BCUT2D eigenvalue weighted by Crippen LogP contribution is -2.27. The molecule has 1 saturated carbocycles. The molecule has 3 nitrogen and oxygen atoms in total. The molecule has 18 heavy (non-hydrogen) atoms. The van der Waals surface area contributed by atoms with E-state index in [4.69, 9.17) is 0 Å². The fourth-order valence-corrected chi connectivity index (χ4v) is 1.70. The molecule has 5 heteroatoms. The van der Waals surface area contributed by atoms with E-state index >= 15 is 0 Å². The highest BCUT2D eigenvalue weighted by Gasteiger charge is 2.30. The van der Waals surface area contributed by atoms with Crippen LogP contribution in [0, 0.1) is 5.92 Å². The molecule has 0 saturated heterocycles. The van der Waals surface area contributed by atoms with Gasteiger partial charge in [-0.05, 0) is 37.5 Å². The first-order valence-electron chi connectivity index (χ1n) is 5.91. The number of hydrogen-bond donors (Lipinski definition) is 1. The summed E-state index contributed by atoms with van der Waals surface area (Å²) in [5.41, 5.74) is 0.866. The summed E-state index contributed by atoms with van der Waals surface area (Å²) in [6.45, 7) is -0.952. The average Bonchev–Trinajstić information content (AvgIpc) is 3.12. The van der Waals surface area contributed by atoms with Crippen molar-refractivity contribution in [3.63, 3.8) is 0 Å². The Morgan fingerprint density at radius 3 is 2.44 bits per heavy atom. The van der Waals surface area contributed by atoms with E-state index in [0.29, 0.717) is 0 Å². The third-order valence-corrected chi connectivity index (χ3v) is 2.91. The van der Waals surface area contributed by atoms with Crippen LogP contribution in [0.25, 0.3) is 0 Å². The first-order chi connectivity index (χ1) is 8.56. The molecule has 0 aliphatic heterocycles. The molecule has 0 bridgehead atoms. The van der Waals surface area contributed by atoms with Crippen molar-refractivity contribution in [3.05, 3.63) is 29.8 Å². The third-order valence-electron chi connectivity index (χ3n) is 2.91. The van der Waals surface area contributed by atoms with Crippen LogP contribution in [0.3, 0.4) is 0 Å². The van der Waals surface area contributed by atoms with E-state index in [2.05, 4.69) is 10.1 Å². The maximum Gasteiger partial charge on any atom is 0.387 e. The summed E-state index contributed by atoms with van der Waals surface area (Å²) in [5.74, 6) is 0.346. The molecular weight excluding hydrogens is 240 g/mol. The van der Waals surface area contributed by atoms with Gasteiger partial charge in [-0.2, -0.15) is 8.78 Å². The van der Waals surface area contributed by atoms with Crippen LogP contribution in [0.2, 0.25) is 0 Å². The maximum atomic E-state index is 12.0. The Morgan fingerprint density at radius 2 is 1.94 bits per heavy atom. The fourth-order valence-electron chi connectivity index (χ4n) is 1.70. The third kappa shape index (κ3) is 3.42. The molecule has 1 fully saturated rings. The smallest absolute Gasteiger partial charge is 0.387 e. The van der Waals surface area contributed by atoms with Gasteiger partial charge in [0, 0.05) is 5.92 Å². The van der Waals surface area contributed by atoms with Crippen LogP contribution in [0.4, 0.5) is 8.78 Å². The Labute approximate surface area is 104 Å². The van der Waals surface area contributed by atoms with Gasteiger partial charge in [0.05, 0.1) is 6.04 Å². The average molecular weight is 255 g/mol. The Kier molecular flexibility index (Phi) is 3.79. The van der Waals surface area contributed by atoms with Crippen LogP contribution in [-0.2, 0) is 4.79 Å². The molecule has 1 aromatic rings. The van der Waals surface area contributed by atoms with E-state index in [-0.39, 0.29) is 23.6 Å². The first-order valence-corrected chi connectivity index (χ1v) is 5.91. The topological polar surface area (TPSA) is 38.3 Å². The van der Waals surface area contributed by atoms with Crippen molar-refractivity contribution in [1.82, 2.24) is 5.32 Å². The van der Waals surface area contributed by atoms with Crippen LogP contribution < -0.4 is 10.1 Å². The second kappa shape index (κ2) is 5.33. The fraction of sp³-hybridized carbons (Fsp3) is 0.462. The van der Waals surface area contributed by atoms with E-state index in [1.807, 2.05) is 6.92 Å². The highest BCUT2D eigenvalue weighted by Crippen LogP contribution is 2.30. The number of alkyl halides is 2. The van der Waals surface area contributed by atoms with Gasteiger partial charge in [0.15, 0.2) is 0 Å². The first kappa shape index (κ1) is 12.8. The van der Waals surface area contributed by atoms with Crippen molar-refractivity contribution >= 4 is 5.91 Å². The molecule has 1 atom stereocenters. The lowest BCUT2D eigenvalue weighted by Gasteiger charge is -2.14. The minimum absolute atomic E-state index is 0.0652. The van der Waals surface area contributed by atoms with Crippen LogP contribution in [-0.4, -0.2) is 12.5 Å². The van der Waals surface area contributed by atoms with Crippen molar-refractivity contribution in [2.45, 2.75) is 32.4 Å². The minimum atomic E-state index is -2.82. The van der Waals surface area contributed by atoms with Crippen molar-refractivity contribution in [1.29, 1.82) is 0 Å². The van der Waals surface area contributed by atoms with E-state index in [1.165, 1.54) is 12.1 Å². The number of hydrogen-bond acceptors (Lipinski definition) is 2. The summed E-state index contributed by atoms with van der Waals surface area (Å²) in [4.78, 5) is 11.6. The van der Waals surface area contributed by atoms with Gasteiger partial charge in [0.2, 0.25) is 5.91 Å². The number of ether oxygens (including phenoxy) is 1. The SMILES string of the molecule is CC(NC(=O)C1CC1)c1ccc(OC(F)F)cc1. The standard InChI is InChI=1S/C13H15F2NO2/c1-8(16-12(17)10-2-3-10)9-4-6-11(7-5-9)18-13(14)15/h4-8,10,13H,2-3H2,1H3,(H,16,17). The highest BCUT2D eigenvalue weighted by atomic mass is 19.3. The molecular formula is C13H15F2NO2. The molecule has 0 radical (unpaired) electrons. The zero-order valence-electron chi connectivity index (χ0n) is 10.0. The second-order valence-electron chi connectivity index (χ2n) is 4.45. The molecule has 1 N–H and O–H groups in total. The Balaban J connectivity index is 1.93. The van der Waals surface area contributed by atoms with Gasteiger partial charge in [0.25, 0.3) is 0 Å². The quantitative estimate of drug-likeness (QED) is 0.878. The minimum Gasteiger partial charge on any atom is -0.435 e. The number of carbonyl (C=O) groups excluding carboxylic acids is 1. The summed E-state index contributed by atoms with van der Waals surface area (Å²) in [7, 11) is 0. The van der Waals surface area contributed by atoms with Crippen molar-refractivity contribution in [2.24, 2.45) is 5.92 Å². The normalized spacial score (nSPS) is 16.4. The molecule has 0 heterocycles. The molecule has 2 rings (SSSR count). The van der Waals surface area contributed by atoms with Crippen LogP contribution in [0.1, 0.15) is 31.4 Å². The number of nitrogens with one attached hydrogen (secondary N) is 1. The van der Waals surface area contributed by atoms with E-state index in [0.717, 1.165) is 18.4 Å². The van der Waals surface area contributed by atoms with Crippen LogP contribution in [0.5, 0.6) is 5.75 Å². The van der Waals surface area contributed by atoms with Crippen molar-refractivity contribution in [3.8, 4) is 5.75 Å². The summed E-state index contributed by atoms with van der Waals surface area (Å²) in [6.07, 6.45) is 1.92. The number of carbonyl (C=O) groups is 1. The Hall–Kier alpha value is -1.65. The van der Waals surface area contributed by atoms with Gasteiger partial charge in [-0.15, -0.1) is 0 Å². The summed E-state index contributed by atoms with van der Waals surface area (Å²) in [5, 5.41) is 2.89. The van der Waals surface area contributed by atoms with Crippen LogP contribution >= 0.6 is 0 Å². The molecule has 0 spiro atoms. The maximum absolute atomic E-state index is 12.0. The number of amides is 1. The zero-order chi connectivity index (χ0) is 13.1. The van der Waals surface area contributed by atoms with Gasteiger partial charge < -0.3 is 10.1 Å². The van der Waals surface area contributed by atoms with Gasteiger partial charge in [-0.25, -0.2) is 0 Å².